The molecule has 9 heteroatoms. The van der Waals surface area contributed by atoms with Gasteiger partial charge in [-0.25, -0.2) is 0 Å². The summed E-state index contributed by atoms with van der Waals surface area (Å²) in [4.78, 5) is 24.3. The van der Waals surface area contributed by atoms with Gasteiger partial charge in [0, 0.05) is 44.9 Å². The van der Waals surface area contributed by atoms with Crippen molar-refractivity contribution in [3.63, 3.8) is 0 Å². The van der Waals surface area contributed by atoms with Crippen LogP contribution in [0.2, 0.25) is 0 Å². The molecule has 1 aliphatic heterocycles. The molecule has 2 atom stereocenters. The van der Waals surface area contributed by atoms with Gasteiger partial charge in [-0.15, -0.1) is 5.10 Å². The minimum atomic E-state index is -0.259. The van der Waals surface area contributed by atoms with E-state index >= 15 is 0 Å². The van der Waals surface area contributed by atoms with E-state index in [2.05, 4.69) is 20.9 Å². The third-order valence-electron chi connectivity index (χ3n) is 4.66. The van der Waals surface area contributed by atoms with Gasteiger partial charge in [0.1, 0.15) is 5.69 Å². The van der Waals surface area contributed by atoms with E-state index in [0.29, 0.717) is 36.8 Å². The molecule has 0 aromatic carbocycles. The standard InChI is InChI=1S/C18H26N6O3/c1-13(5-7-19-18(26)16-4-3-8-23(16)2)20-17(25)15-11-24(22-21-15)10-14-6-9-27-12-14/h3-4,8,11,13-14H,5-7,9-10,12H2,1-2H3,(H,19,26)(H,20,25)/t13-,14?/m0/s1. The van der Waals surface area contributed by atoms with Crippen molar-refractivity contribution in [1.82, 2.24) is 30.2 Å². The van der Waals surface area contributed by atoms with Crippen molar-refractivity contribution < 1.29 is 14.3 Å². The quantitative estimate of drug-likeness (QED) is 0.704. The summed E-state index contributed by atoms with van der Waals surface area (Å²) < 4.78 is 8.81. The van der Waals surface area contributed by atoms with Crippen LogP contribution in [0.3, 0.4) is 0 Å². The van der Waals surface area contributed by atoms with E-state index < -0.39 is 0 Å². The SMILES string of the molecule is C[C@@H](CCNC(=O)c1cccn1C)NC(=O)c1cn(CC2CCOC2)nn1. The summed E-state index contributed by atoms with van der Waals surface area (Å²) >= 11 is 0. The van der Waals surface area contributed by atoms with E-state index in [0.717, 1.165) is 19.6 Å². The zero-order valence-electron chi connectivity index (χ0n) is 15.7. The summed E-state index contributed by atoms with van der Waals surface area (Å²) in [5, 5.41) is 13.7. The number of ether oxygens (including phenoxy) is 1. The Morgan fingerprint density at radius 3 is 2.96 bits per heavy atom. The van der Waals surface area contributed by atoms with Crippen molar-refractivity contribution in [2.24, 2.45) is 13.0 Å². The predicted molar refractivity (Wildman–Crippen MR) is 98.2 cm³/mol. The fraction of sp³-hybridized carbons (Fsp3) is 0.556. The zero-order chi connectivity index (χ0) is 19.2. The number of aryl methyl sites for hydroxylation is 1. The Labute approximate surface area is 158 Å². The van der Waals surface area contributed by atoms with Crippen LogP contribution in [-0.4, -0.2) is 57.2 Å². The molecule has 1 saturated heterocycles. The second-order valence-corrected chi connectivity index (χ2v) is 6.98. The van der Waals surface area contributed by atoms with E-state index in [1.807, 2.05) is 26.2 Å². The first-order valence-electron chi connectivity index (χ1n) is 9.21. The molecule has 0 bridgehead atoms. The van der Waals surface area contributed by atoms with Gasteiger partial charge in [0.15, 0.2) is 5.69 Å². The monoisotopic (exact) mass is 374 g/mol. The highest BCUT2D eigenvalue weighted by Crippen LogP contribution is 2.14. The van der Waals surface area contributed by atoms with Crippen molar-refractivity contribution in [3.05, 3.63) is 35.9 Å². The second kappa shape index (κ2) is 8.81. The number of hydrogen-bond donors (Lipinski definition) is 2. The molecular weight excluding hydrogens is 348 g/mol. The largest absolute Gasteiger partial charge is 0.381 e. The molecule has 3 rings (SSSR count). The summed E-state index contributed by atoms with van der Waals surface area (Å²) in [6.07, 6.45) is 5.12. The number of aromatic nitrogens is 4. The fourth-order valence-electron chi connectivity index (χ4n) is 3.04. The lowest BCUT2D eigenvalue weighted by Gasteiger charge is -2.13. The van der Waals surface area contributed by atoms with Crippen molar-refractivity contribution in [1.29, 1.82) is 0 Å². The van der Waals surface area contributed by atoms with E-state index in [9.17, 15) is 9.59 Å². The molecule has 1 aliphatic rings. The number of nitrogens with one attached hydrogen (secondary N) is 2. The molecule has 0 aliphatic carbocycles. The summed E-state index contributed by atoms with van der Waals surface area (Å²) in [7, 11) is 1.82. The maximum Gasteiger partial charge on any atom is 0.273 e. The molecule has 0 radical (unpaired) electrons. The number of carbonyl (C=O) groups is 2. The molecule has 2 amide bonds. The Balaban J connectivity index is 1.40. The van der Waals surface area contributed by atoms with Gasteiger partial charge in [-0.1, -0.05) is 5.21 Å². The van der Waals surface area contributed by atoms with E-state index in [-0.39, 0.29) is 17.9 Å². The summed E-state index contributed by atoms with van der Waals surface area (Å²) in [5.41, 5.74) is 0.907. The lowest BCUT2D eigenvalue weighted by atomic mass is 10.1. The Bertz CT molecular complexity index is 778. The molecular formula is C18H26N6O3. The number of rotatable bonds is 8. The average Bonchev–Trinajstić information content (AvgIpc) is 3.37. The van der Waals surface area contributed by atoms with Crippen LogP contribution in [0, 0.1) is 5.92 Å². The van der Waals surface area contributed by atoms with Crippen molar-refractivity contribution >= 4 is 11.8 Å². The Kier molecular flexibility index (Phi) is 6.23. The second-order valence-electron chi connectivity index (χ2n) is 6.98. The van der Waals surface area contributed by atoms with Gasteiger partial charge in [-0.05, 0) is 31.9 Å². The lowest BCUT2D eigenvalue weighted by molar-refractivity contribution is 0.0931. The molecule has 9 nitrogen and oxygen atoms in total. The number of hydrogen-bond acceptors (Lipinski definition) is 5. The topological polar surface area (TPSA) is 103 Å². The van der Waals surface area contributed by atoms with Crippen molar-refractivity contribution in [3.8, 4) is 0 Å². The molecule has 2 N–H and O–H groups in total. The van der Waals surface area contributed by atoms with Crippen molar-refractivity contribution in [2.75, 3.05) is 19.8 Å². The van der Waals surface area contributed by atoms with Crippen molar-refractivity contribution in [2.45, 2.75) is 32.4 Å². The highest BCUT2D eigenvalue weighted by atomic mass is 16.5. The molecule has 3 heterocycles. The first-order valence-corrected chi connectivity index (χ1v) is 9.21. The molecule has 2 aromatic rings. The summed E-state index contributed by atoms with van der Waals surface area (Å²) in [6, 6.07) is 3.49. The van der Waals surface area contributed by atoms with Gasteiger partial charge in [0.25, 0.3) is 11.8 Å². The first kappa shape index (κ1) is 19.1. The molecule has 0 saturated carbocycles. The summed E-state index contributed by atoms with van der Waals surface area (Å²) in [6.45, 7) is 4.59. The van der Waals surface area contributed by atoms with Crippen LogP contribution in [0.4, 0.5) is 0 Å². The zero-order valence-corrected chi connectivity index (χ0v) is 15.7. The van der Waals surface area contributed by atoms with Crippen LogP contribution in [0.1, 0.15) is 40.7 Å². The van der Waals surface area contributed by atoms with Crippen LogP contribution < -0.4 is 10.6 Å². The van der Waals surface area contributed by atoms with Gasteiger partial charge in [0.05, 0.1) is 12.8 Å². The maximum absolute atomic E-state index is 12.3. The predicted octanol–water partition coefficient (Wildman–Crippen LogP) is 0.592. The number of nitrogens with zero attached hydrogens (tertiary/aromatic N) is 4. The average molecular weight is 374 g/mol. The lowest BCUT2D eigenvalue weighted by Crippen LogP contribution is -2.36. The minimum absolute atomic E-state index is 0.0976. The Morgan fingerprint density at radius 1 is 1.41 bits per heavy atom. The summed E-state index contributed by atoms with van der Waals surface area (Å²) in [5.74, 6) is 0.0411. The number of carbonyl (C=O) groups excluding carboxylic acids is 2. The normalized spacial score (nSPS) is 17.6. The molecule has 27 heavy (non-hydrogen) atoms. The van der Waals surface area contributed by atoms with Crippen LogP contribution in [-0.2, 0) is 18.3 Å². The van der Waals surface area contributed by atoms with Crippen LogP contribution in [0.15, 0.2) is 24.5 Å². The van der Waals surface area contributed by atoms with Gasteiger partial charge in [-0.3, -0.25) is 14.3 Å². The third kappa shape index (κ3) is 5.16. The van der Waals surface area contributed by atoms with E-state index in [1.165, 1.54) is 0 Å². The smallest absolute Gasteiger partial charge is 0.273 e. The van der Waals surface area contributed by atoms with Gasteiger partial charge >= 0.3 is 0 Å². The molecule has 1 unspecified atom stereocenters. The Morgan fingerprint density at radius 2 is 2.26 bits per heavy atom. The highest BCUT2D eigenvalue weighted by molar-refractivity contribution is 5.93. The molecule has 146 valence electrons. The fourth-order valence-corrected chi connectivity index (χ4v) is 3.04. The van der Waals surface area contributed by atoms with Gasteiger partial charge < -0.3 is 19.9 Å². The van der Waals surface area contributed by atoms with Crippen LogP contribution in [0.25, 0.3) is 0 Å². The maximum atomic E-state index is 12.3. The van der Waals surface area contributed by atoms with E-state index in [4.69, 9.17) is 4.74 Å². The first-order chi connectivity index (χ1) is 13.0. The van der Waals surface area contributed by atoms with Gasteiger partial charge in [-0.2, -0.15) is 0 Å². The number of amides is 2. The minimum Gasteiger partial charge on any atom is -0.381 e. The van der Waals surface area contributed by atoms with Gasteiger partial charge in [0.2, 0.25) is 0 Å². The molecule has 0 spiro atoms. The van der Waals surface area contributed by atoms with E-state index in [1.54, 1.807) is 21.5 Å². The highest BCUT2D eigenvalue weighted by Gasteiger charge is 2.19. The molecule has 2 aromatic heterocycles. The Hall–Kier alpha value is -2.68. The molecule has 1 fully saturated rings. The van der Waals surface area contributed by atoms with Crippen LogP contribution >= 0.6 is 0 Å². The third-order valence-corrected chi connectivity index (χ3v) is 4.66. The van der Waals surface area contributed by atoms with Crippen LogP contribution in [0.5, 0.6) is 0 Å².